The highest BCUT2D eigenvalue weighted by atomic mass is 35.5. The van der Waals surface area contributed by atoms with E-state index >= 15 is 0 Å². The van der Waals surface area contributed by atoms with Gasteiger partial charge in [-0.15, -0.1) is 0 Å². The van der Waals surface area contributed by atoms with Gasteiger partial charge in [-0.2, -0.15) is 5.10 Å². The van der Waals surface area contributed by atoms with Crippen LogP contribution in [0.15, 0.2) is 30.3 Å². The molecular formula is C21H28ClN3O2. The summed E-state index contributed by atoms with van der Waals surface area (Å²) in [7, 11) is 0. The van der Waals surface area contributed by atoms with Gasteiger partial charge in [-0.3, -0.25) is 4.79 Å². The summed E-state index contributed by atoms with van der Waals surface area (Å²) in [5, 5.41) is 7.87. The van der Waals surface area contributed by atoms with Crippen LogP contribution in [0.5, 0.6) is 0 Å². The molecule has 0 aliphatic carbocycles. The predicted molar refractivity (Wildman–Crippen MR) is 110 cm³/mol. The number of amides is 1. The molecule has 6 heteroatoms. The van der Waals surface area contributed by atoms with E-state index in [2.05, 4.69) is 41.6 Å². The van der Waals surface area contributed by atoms with Gasteiger partial charge in [0.25, 0.3) is 0 Å². The van der Waals surface area contributed by atoms with Gasteiger partial charge < -0.3 is 10.1 Å². The maximum absolute atomic E-state index is 12.0. The number of rotatable bonds is 9. The van der Waals surface area contributed by atoms with Crippen LogP contribution >= 0.6 is 11.6 Å². The van der Waals surface area contributed by atoms with Crippen LogP contribution in [0.2, 0.25) is 5.15 Å². The van der Waals surface area contributed by atoms with E-state index in [0.717, 1.165) is 23.2 Å². The largest absolute Gasteiger partial charge is 0.379 e. The maximum atomic E-state index is 12.0. The summed E-state index contributed by atoms with van der Waals surface area (Å²) in [6, 6.07) is 8.26. The van der Waals surface area contributed by atoms with Crippen molar-refractivity contribution in [2.24, 2.45) is 0 Å². The average molecular weight is 390 g/mol. The molecule has 27 heavy (non-hydrogen) atoms. The minimum absolute atomic E-state index is 0.152. The van der Waals surface area contributed by atoms with E-state index in [0.29, 0.717) is 24.8 Å². The number of carbonyl (C=O) groups is 1. The van der Waals surface area contributed by atoms with Crippen molar-refractivity contribution in [1.29, 1.82) is 0 Å². The maximum Gasteiger partial charge on any atom is 0.244 e. The second kappa shape index (κ2) is 10.3. The lowest BCUT2D eigenvalue weighted by molar-refractivity contribution is -0.116. The Bertz CT molecular complexity index is 779. The van der Waals surface area contributed by atoms with Gasteiger partial charge in [-0.05, 0) is 45.8 Å². The van der Waals surface area contributed by atoms with E-state index in [1.165, 1.54) is 11.6 Å². The molecule has 1 amide bonds. The zero-order valence-corrected chi connectivity index (χ0v) is 17.2. The molecule has 1 N–H and O–H groups in total. The van der Waals surface area contributed by atoms with Gasteiger partial charge in [-0.1, -0.05) is 41.4 Å². The van der Waals surface area contributed by atoms with Crippen LogP contribution in [0.25, 0.3) is 6.08 Å². The predicted octanol–water partition coefficient (Wildman–Crippen LogP) is 4.15. The number of nitrogens with zero attached hydrogens (tertiary/aromatic N) is 2. The summed E-state index contributed by atoms with van der Waals surface area (Å²) >= 11 is 6.47. The fourth-order valence-corrected chi connectivity index (χ4v) is 2.85. The molecular weight excluding hydrogens is 362 g/mol. The average Bonchev–Trinajstić information content (AvgIpc) is 2.88. The Morgan fingerprint density at radius 1 is 1.30 bits per heavy atom. The third kappa shape index (κ3) is 6.85. The van der Waals surface area contributed by atoms with Crippen molar-refractivity contribution in [2.75, 3.05) is 13.2 Å². The molecule has 1 aromatic heterocycles. The van der Waals surface area contributed by atoms with E-state index in [9.17, 15) is 4.79 Å². The topological polar surface area (TPSA) is 56.2 Å². The van der Waals surface area contributed by atoms with Crippen molar-refractivity contribution < 1.29 is 9.53 Å². The first kappa shape index (κ1) is 21.2. The number of aryl methyl sites for hydroxylation is 2. The van der Waals surface area contributed by atoms with Crippen LogP contribution in [-0.4, -0.2) is 34.9 Å². The molecule has 1 heterocycles. The molecule has 0 atom stereocenters. The van der Waals surface area contributed by atoms with Crippen molar-refractivity contribution in [3.05, 3.63) is 57.9 Å². The van der Waals surface area contributed by atoms with Gasteiger partial charge in [-0.25, -0.2) is 4.68 Å². The lowest BCUT2D eigenvalue weighted by atomic mass is 10.1. The van der Waals surface area contributed by atoms with E-state index in [-0.39, 0.29) is 12.0 Å². The van der Waals surface area contributed by atoms with Crippen molar-refractivity contribution in [3.8, 4) is 0 Å². The Kier molecular flexibility index (Phi) is 8.07. The lowest BCUT2D eigenvalue weighted by Crippen LogP contribution is -2.23. The van der Waals surface area contributed by atoms with Crippen molar-refractivity contribution in [3.63, 3.8) is 0 Å². The second-order valence-electron chi connectivity index (χ2n) is 6.83. The number of aromatic nitrogens is 2. The molecule has 2 rings (SSSR count). The molecule has 0 spiro atoms. The van der Waals surface area contributed by atoms with Crippen LogP contribution in [-0.2, 0) is 16.1 Å². The number of hydrogen-bond acceptors (Lipinski definition) is 3. The summed E-state index contributed by atoms with van der Waals surface area (Å²) < 4.78 is 7.20. The van der Waals surface area contributed by atoms with Gasteiger partial charge in [0.15, 0.2) is 0 Å². The quantitative estimate of drug-likeness (QED) is 0.517. The monoisotopic (exact) mass is 389 g/mol. The van der Waals surface area contributed by atoms with Gasteiger partial charge in [0, 0.05) is 24.8 Å². The molecule has 0 saturated heterocycles. The number of carbonyl (C=O) groups excluding carboxylic acids is 1. The second-order valence-corrected chi connectivity index (χ2v) is 7.19. The Hall–Kier alpha value is -2.11. The zero-order chi connectivity index (χ0) is 19.8. The van der Waals surface area contributed by atoms with E-state index in [4.69, 9.17) is 16.3 Å². The number of ether oxygens (including phenoxy) is 1. The summed E-state index contributed by atoms with van der Waals surface area (Å²) in [5.41, 5.74) is 3.90. The number of hydrogen-bond donors (Lipinski definition) is 1. The van der Waals surface area contributed by atoms with Crippen LogP contribution < -0.4 is 5.32 Å². The molecule has 0 aliphatic rings. The SMILES string of the molecule is Cc1ccc(Cn2nc(C)c(/C=C/C(=O)NCCCOC(C)C)c2Cl)cc1. The van der Waals surface area contributed by atoms with E-state index in [1.54, 1.807) is 10.8 Å². The molecule has 0 saturated carbocycles. The van der Waals surface area contributed by atoms with Crippen LogP contribution in [0, 0.1) is 13.8 Å². The third-order valence-electron chi connectivity index (χ3n) is 4.04. The summed E-state index contributed by atoms with van der Waals surface area (Å²) in [6.45, 7) is 9.74. The molecule has 0 fully saturated rings. The van der Waals surface area contributed by atoms with Gasteiger partial charge in [0.2, 0.25) is 5.91 Å². The Balaban J connectivity index is 1.92. The minimum atomic E-state index is -0.152. The molecule has 0 bridgehead atoms. The number of nitrogens with one attached hydrogen (secondary N) is 1. The standard InChI is InChI=1S/C21H28ClN3O2/c1-15(2)27-13-5-12-23-20(26)11-10-19-17(4)24-25(21(19)22)14-18-8-6-16(3)7-9-18/h6-11,15H,5,12-14H2,1-4H3,(H,23,26)/b11-10+. The lowest BCUT2D eigenvalue weighted by Gasteiger charge is -2.07. The molecule has 2 aromatic rings. The smallest absolute Gasteiger partial charge is 0.244 e. The van der Waals surface area contributed by atoms with Crippen molar-refractivity contribution in [1.82, 2.24) is 15.1 Å². The zero-order valence-electron chi connectivity index (χ0n) is 16.5. The molecule has 0 radical (unpaired) electrons. The number of halogens is 1. The molecule has 0 aliphatic heterocycles. The van der Waals surface area contributed by atoms with Crippen molar-refractivity contribution in [2.45, 2.75) is 46.8 Å². The molecule has 146 valence electrons. The number of benzene rings is 1. The first-order valence-electron chi connectivity index (χ1n) is 9.22. The van der Waals surface area contributed by atoms with Crippen molar-refractivity contribution >= 4 is 23.6 Å². The Morgan fingerprint density at radius 3 is 2.67 bits per heavy atom. The van der Waals surface area contributed by atoms with Crippen LogP contribution in [0.4, 0.5) is 0 Å². The van der Waals surface area contributed by atoms with Crippen LogP contribution in [0.1, 0.15) is 42.7 Å². The van der Waals surface area contributed by atoms with E-state index in [1.807, 2.05) is 20.8 Å². The third-order valence-corrected chi connectivity index (χ3v) is 4.43. The van der Waals surface area contributed by atoms with Gasteiger partial charge in [0.1, 0.15) is 5.15 Å². The summed E-state index contributed by atoms with van der Waals surface area (Å²) in [4.78, 5) is 12.0. The molecule has 0 unspecified atom stereocenters. The Labute approximate surface area is 166 Å². The fraction of sp³-hybridized carbons (Fsp3) is 0.429. The normalized spacial score (nSPS) is 11.5. The highest BCUT2D eigenvalue weighted by Crippen LogP contribution is 2.22. The fourth-order valence-electron chi connectivity index (χ4n) is 2.55. The molecule has 5 nitrogen and oxygen atoms in total. The highest BCUT2D eigenvalue weighted by molar-refractivity contribution is 6.31. The summed E-state index contributed by atoms with van der Waals surface area (Å²) in [5.74, 6) is -0.152. The van der Waals surface area contributed by atoms with E-state index < -0.39 is 0 Å². The van der Waals surface area contributed by atoms with Gasteiger partial charge >= 0.3 is 0 Å². The first-order valence-corrected chi connectivity index (χ1v) is 9.60. The molecule has 1 aromatic carbocycles. The summed E-state index contributed by atoms with van der Waals surface area (Å²) in [6.07, 6.45) is 4.21. The van der Waals surface area contributed by atoms with Gasteiger partial charge in [0.05, 0.1) is 18.3 Å². The first-order chi connectivity index (χ1) is 12.9. The van der Waals surface area contributed by atoms with Crippen LogP contribution in [0.3, 0.4) is 0 Å². The Morgan fingerprint density at radius 2 is 2.00 bits per heavy atom. The highest BCUT2D eigenvalue weighted by Gasteiger charge is 2.11. The minimum Gasteiger partial charge on any atom is -0.379 e.